The zero-order chi connectivity index (χ0) is 33.2. The van der Waals surface area contributed by atoms with Crippen molar-refractivity contribution in [1.82, 2.24) is 30.2 Å². The molecule has 3 aromatic rings. The van der Waals surface area contributed by atoms with Gasteiger partial charge < -0.3 is 25.3 Å². The van der Waals surface area contributed by atoms with E-state index < -0.39 is 5.92 Å². The number of urea groups is 1. The molecule has 7 rings (SSSR count). The fraction of sp³-hybridized carbons (Fsp3) is 0.579. The first-order chi connectivity index (χ1) is 23.4. The maximum atomic E-state index is 14.4. The van der Waals surface area contributed by atoms with Gasteiger partial charge in [0.1, 0.15) is 0 Å². The van der Waals surface area contributed by atoms with E-state index in [1.165, 1.54) is 12.8 Å². The molecule has 0 saturated carbocycles. The van der Waals surface area contributed by atoms with Gasteiger partial charge in [-0.25, -0.2) is 4.79 Å². The van der Waals surface area contributed by atoms with E-state index in [1.807, 2.05) is 34.2 Å². The average Bonchev–Trinajstić information content (AvgIpc) is 3.54. The third-order valence-corrected chi connectivity index (χ3v) is 11.9. The molecule has 256 valence electrons. The van der Waals surface area contributed by atoms with Gasteiger partial charge in [0, 0.05) is 56.3 Å². The summed E-state index contributed by atoms with van der Waals surface area (Å²) in [5.41, 5.74) is 5.22. The average molecular weight is 654 g/mol. The Hall–Kier alpha value is -3.92. The first-order valence-electron chi connectivity index (χ1n) is 18.2. The summed E-state index contributed by atoms with van der Waals surface area (Å²) < 4.78 is 0. The van der Waals surface area contributed by atoms with Crippen LogP contribution in [-0.4, -0.2) is 94.6 Å². The smallest absolute Gasteiger partial charge is 0.322 e. The number of carbonyl (C=O) groups is 3. The molecule has 0 radical (unpaired) electrons. The number of H-pyrrole nitrogens is 1. The fourth-order valence-electron chi connectivity index (χ4n) is 8.86. The topological polar surface area (TPSA) is 114 Å². The van der Waals surface area contributed by atoms with Crippen LogP contribution in [0.25, 0.3) is 10.9 Å². The van der Waals surface area contributed by atoms with Gasteiger partial charge in [-0.05, 0) is 112 Å². The van der Waals surface area contributed by atoms with Gasteiger partial charge in [0.15, 0.2) is 0 Å². The van der Waals surface area contributed by atoms with Crippen molar-refractivity contribution >= 4 is 34.4 Å². The minimum Gasteiger partial charge on any atom is -0.343 e. The summed E-state index contributed by atoms with van der Waals surface area (Å²) in [6.07, 6.45) is 8.89. The summed E-state index contributed by atoms with van der Waals surface area (Å²) >= 11 is 0. The lowest BCUT2D eigenvalue weighted by molar-refractivity contribution is -0.143. The highest BCUT2D eigenvalue weighted by Gasteiger charge is 2.38. The van der Waals surface area contributed by atoms with Crippen molar-refractivity contribution in [2.45, 2.75) is 77.2 Å². The molecule has 2 atom stereocenters. The minimum atomic E-state index is -0.440. The number of rotatable bonds is 7. The van der Waals surface area contributed by atoms with E-state index in [-0.39, 0.29) is 36.2 Å². The second-order valence-corrected chi connectivity index (χ2v) is 14.7. The highest BCUT2D eigenvalue weighted by Crippen LogP contribution is 2.36. The van der Waals surface area contributed by atoms with E-state index in [1.54, 1.807) is 0 Å². The molecule has 3 saturated heterocycles. The number of hydrogen-bond donors (Lipinski definition) is 3. The Morgan fingerprint density at radius 3 is 2.40 bits per heavy atom. The molecule has 4 aliphatic rings. The lowest BCUT2D eigenvalue weighted by Crippen LogP contribution is -2.51. The van der Waals surface area contributed by atoms with Crippen LogP contribution in [0.3, 0.4) is 0 Å². The lowest BCUT2D eigenvalue weighted by Gasteiger charge is -2.40. The Bertz CT molecular complexity index is 1620. The lowest BCUT2D eigenvalue weighted by atomic mass is 9.78. The molecule has 3 fully saturated rings. The van der Waals surface area contributed by atoms with Crippen LogP contribution >= 0.6 is 0 Å². The Labute approximate surface area is 284 Å². The number of anilines is 1. The predicted octanol–water partition coefficient (Wildman–Crippen LogP) is 5.30. The Morgan fingerprint density at radius 2 is 1.62 bits per heavy atom. The summed E-state index contributed by atoms with van der Waals surface area (Å²) in [6.45, 7) is 9.79. The third kappa shape index (κ3) is 6.81. The van der Waals surface area contributed by atoms with E-state index >= 15 is 0 Å². The minimum absolute atomic E-state index is 0.0390. The van der Waals surface area contributed by atoms with Gasteiger partial charge >= 0.3 is 6.03 Å². The van der Waals surface area contributed by atoms with Gasteiger partial charge in [-0.3, -0.25) is 14.7 Å². The second-order valence-electron chi connectivity index (χ2n) is 14.7. The summed E-state index contributed by atoms with van der Waals surface area (Å²) in [7, 11) is 0. The molecule has 0 spiro atoms. The van der Waals surface area contributed by atoms with E-state index in [0.717, 1.165) is 97.5 Å². The van der Waals surface area contributed by atoms with Crippen LogP contribution in [0.5, 0.6) is 0 Å². The fourth-order valence-corrected chi connectivity index (χ4v) is 8.86. The molecule has 2 aromatic carbocycles. The molecule has 10 nitrogen and oxygen atoms in total. The van der Waals surface area contributed by atoms with Crippen molar-refractivity contribution in [3.8, 4) is 0 Å². The number of carbonyl (C=O) groups excluding carboxylic acids is 3. The van der Waals surface area contributed by atoms with Crippen molar-refractivity contribution in [1.29, 1.82) is 0 Å². The number of piperidine rings is 3. The van der Waals surface area contributed by atoms with Crippen molar-refractivity contribution < 1.29 is 14.4 Å². The highest BCUT2D eigenvalue weighted by molar-refractivity contribution is 5.91. The number of amides is 4. The molecule has 1 aromatic heterocycles. The number of para-hydroxylation sites is 1. The molecule has 5 heterocycles. The number of aromatic amines is 1. The van der Waals surface area contributed by atoms with Crippen LogP contribution in [0, 0.1) is 24.7 Å². The summed E-state index contributed by atoms with van der Waals surface area (Å²) in [4.78, 5) is 47.5. The quantitative estimate of drug-likeness (QED) is 0.320. The first-order valence-corrected chi connectivity index (χ1v) is 18.2. The maximum Gasteiger partial charge on any atom is 0.322 e. The van der Waals surface area contributed by atoms with Crippen molar-refractivity contribution in [3.63, 3.8) is 0 Å². The number of aromatic nitrogens is 2. The van der Waals surface area contributed by atoms with E-state index in [4.69, 9.17) is 0 Å². The molecule has 0 bridgehead atoms. The van der Waals surface area contributed by atoms with Gasteiger partial charge in [0.25, 0.3) is 0 Å². The van der Waals surface area contributed by atoms with Gasteiger partial charge in [0.2, 0.25) is 11.8 Å². The van der Waals surface area contributed by atoms with Crippen molar-refractivity contribution in [3.05, 3.63) is 59.3 Å². The second kappa shape index (κ2) is 14.3. The van der Waals surface area contributed by atoms with E-state index in [9.17, 15) is 14.4 Å². The van der Waals surface area contributed by atoms with Crippen LogP contribution in [0.2, 0.25) is 0 Å². The Morgan fingerprint density at radius 1 is 0.917 bits per heavy atom. The molecule has 4 amide bonds. The maximum absolute atomic E-state index is 14.4. The highest BCUT2D eigenvalue weighted by atomic mass is 16.2. The summed E-state index contributed by atoms with van der Waals surface area (Å²) in [6, 6.07) is 12.3. The standard InChI is InChI=1S/C38H51N7O3/c1-25-21-30(22-31-24-40-42-36(25)31)26(2)33(37(47)44-16-9-28(10-17-44)27-7-14-39-15-8-27)23-35(46)43-18-12-32(13-19-43)45-20-11-29-5-3-4-6-34(29)41-38(45)48/h3-6,21-22,24,26-28,32-33,39H,7-20,23H2,1-2H3,(H,40,42)(H,41,48). The molecule has 2 unspecified atom stereocenters. The zero-order valence-corrected chi connectivity index (χ0v) is 28.5. The monoisotopic (exact) mass is 653 g/mol. The van der Waals surface area contributed by atoms with Gasteiger partial charge in [-0.15, -0.1) is 0 Å². The van der Waals surface area contributed by atoms with E-state index in [0.29, 0.717) is 25.6 Å². The number of fused-ring (bicyclic) bond motifs is 2. The molecule has 3 N–H and O–H groups in total. The van der Waals surface area contributed by atoms with E-state index in [2.05, 4.69) is 57.8 Å². The van der Waals surface area contributed by atoms with Crippen molar-refractivity contribution in [2.75, 3.05) is 51.1 Å². The zero-order valence-electron chi connectivity index (χ0n) is 28.5. The predicted molar refractivity (Wildman–Crippen MR) is 188 cm³/mol. The van der Waals surface area contributed by atoms with Gasteiger partial charge in [-0.1, -0.05) is 31.2 Å². The number of aryl methyl sites for hydroxylation is 1. The number of likely N-dealkylation sites (tertiary alicyclic amines) is 2. The summed E-state index contributed by atoms with van der Waals surface area (Å²) in [5, 5.41) is 14.9. The van der Waals surface area contributed by atoms with Gasteiger partial charge in [0.05, 0.1) is 17.6 Å². The molecular weight excluding hydrogens is 602 g/mol. The molecular formula is C38H51N7O3. The van der Waals surface area contributed by atoms with Crippen molar-refractivity contribution in [2.24, 2.45) is 17.8 Å². The SMILES string of the molecule is Cc1cc(C(C)C(CC(=O)N2CCC(N3CCc4ccccc4NC3=O)CC2)C(=O)N2CCC(C3CCNCC3)CC2)cc2cn[nH]c12. The molecule has 4 aliphatic heterocycles. The van der Waals surface area contributed by atoms with Crippen LogP contribution in [0.4, 0.5) is 10.5 Å². The van der Waals surface area contributed by atoms with Crippen LogP contribution < -0.4 is 10.6 Å². The van der Waals surface area contributed by atoms with Crippen LogP contribution in [-0.2, 0) is 16.0 Å². The number of nitrogens with one attached hydrogen (secondary N) is 3. The number of nitrogens with zero attached hydrogens (tertiary/aromatic N) is 4. The number of benzene rings is 2. The molecule has 48 heavy (non-hydrogen) atoms. The van der Waals surface area contributed by atoms with Gasteiger partial charge in [-0.2, -0.15) is 5.10 Å². The largest absolute Gasteiger partial charge is 0.343 e. The third-order valence-electron chi connectivity index (χ3n) is 11.9. The Balaban J connectivity index is 1.02. The molecule has 10 heteroatoms. The number of hydrogen-bond acceptors (Lipinski definition) is 5. The first kappa shape index (κ1) is 32.6. The van der Waals surface area contributed by atoms with Crippen LogP contribution in [0.1, 0.15) is 74.5 Å². The molecule has 0 aliphatic carbocycles. The summed E-state index contributed by atoms with van der Waals surface area (Å²) in [5.74, 6) is 1.02. The van der Waals surface area contributed by atoms with Crippen LogP contribution in [0.15, 0.2) is 42.6 Å². The Kier molecular flexibility index (Phi) is 9.71. The normalized spacial score (nSPS) is 21.5.